The van der Waals surface area contributed by atoms with Gasteiger partial charge in [-0.1, -0.05) is 29.5 Å². The minimum atomic E-state index is -0.741. The Kier molecular flexibility index (Phi) is 6.95. The van der Waals surface area contributed by atoms with Crippen molar-refractivity contribution in [1.82, 2.24) is 19.8 Å². The number of carbonyl (C=O) groups excluding carboxylic acids is 1. The lowest BCUT2D eigenvalue weighted by Crippen LogP contribution is -2.52. The number of benzene rings is 2. The van der Waals surface area contributed by atoms with Crippen molar-refractivity contribution >= 4 is 33.3 Å². The first kappa shape index (κ1) is 25.6. The summed E-state index contributed by atoms with van der Waals surface area (Å²) in [7, 11) is 0. The summed E-state index contributed by atoms with van der Waals surface area (Å²) in [4.78, 5) is 28.2. The van der Waals surface area contributed by atoms with Gasteiger partial charge in [-0.2, -0.15) is 0 Å². The van der Waals surface area contributed by atoms with Crippen LogP contribution in [0.15, 0.2) is 60.8 Å². The number of likely N-dealkylation sites (tertiary alicyclic amines) is 1. The van der Waals surface area contributed by atoms with E-state index in [2.05, 4.69) is 20.1 Å². The molecular weight excluding hydrogens is 525 g/mol. The molecule has 0 spiro atoms. The smallest absolute Gasteiger partial charge is 0.255 e. The van der Waals surface area contributed by atoms with Crippen molar-refractivity contribution in [3.8, 4) is 16.3 Å². The number of anilines is 1. The largest absolute Gasteiger partial charge is 0.489 e. The summed E-state index contributed by atoms with van der Waals surface area (Å²) < 4.78 is 20.0. The predicted molar refractivity (Wildman–Crippen MR) is 156 cm³/mol. The molecule has 4 saturated heterocycles. The second-order valence-electron chi connectivity index (χ2n) is 11.1. The van der Waals surface area contributed by atoms with Gasteiger partial charge in [-0.05, 0) is 80.2 Å². The van der Waals surface area contributed by atoms with Crippen molar-refractivity contribution in [2.45, 2.75) is 38.1 Å². The third-order valence-corrected chi connectivity index (χ3v) is 9.32. The zero-order valence-electron chi connectivity index (χ0n) is 22.3. The molecule has 8 rings (SSSR count). The highest BCUT2D eigenvalue weighted by atomic mass is 32.1. The third kappa shape index (κ3) is 5.33. The molecule has 2 atom stereocenters. The van der Waals surface area contributed by atoms with Gasteiger partial charge >= 0.3 is 0 Å². The highest BCUT2D eigenvalue weighted by Gasteiger charge is 2.35. The van der Waals surface area contributed by atoms with Crippen molar-refractivity contribution in [3.63, 3.8) is 0 Å². The van der Waals surface area contributed by atoms with E-state index in [1.807, 2.05) is 60.8 Å². The number of piperidine rings is 3. The fraction of sp³-hybridized carbons (Fsp3) is 0.387. The van der Waals surface area contributed by atoms with Crippen LogP contribution in [0.5, 0.6) is 5.75 Å². The van der Waals surface area contributed by atoms with Crippen molar-refractivity contribution in [1.29, 1.82) is 0 Å². The quantitative estimate of drug-likeness (QED) is 0.318. The van der Waals surface area contributed by atoms with Gasteiger partial charge in [0.05, 0.1) is 5.69 Å². The molecule has 40 heavy (non-hydrogen) atoms. The van der Waals surface area contributed by atoms with Crippen LogP contribution in [0, 0.1) is 5.92 Å². The fourth-order valence-corrected chi connectivity index (χ4v) is 7.09. The number of rotatable bonds is 7. The molecule has 206 valence electrons. The zero-order chi connectivity index (χ0) is 27.1. The molecule has 4 aliphatic rings. The highest BCUT2D eigenvalue weighted by molar-refractivity contribution is 7.21. The lowest BCUT2D eigenvalue weighted by molar-refractivity contribution is -0.00778. The number of nitrogens with one attached hydrogen (secondary N) is 1. The van der Waals surface area contributed by atoms with Gasteiger partial charge in [0, 0.05) is 43.5 Å². The lowest BCUT2D eigenvalue weighted by Gasteiger charge is -2.44. The first-order valence-electron chi connectivity index (χ1n) is 14.1. The van der Waals surface area contributed by atoms with Gasteiger partial charge in [0.15, 0.2) is 0 Å². The number of ether oxygens (including phenoxy) is 1. The lowest BCUT2D eigenvalue weighted by atomic mass is 9.86. The van der Waals surface area contributed by atoms with Crippen molar-refractivity contribution in [2.24, 2.45) is 5.92 Å². The SMILES string of the molecule is O=C(Nc1ccccc1-c1nc2cc(CN3CC[C@@H](F)C3)cnc2s1)c1cccc(OC2CN3CCC2CC3)c1. The predicted octanol–water partition coefficient (Wildman–Crippen LogP) is 5.63. The normalized spacial score (nSPS) is 24.4. The van der Waals surface area contributed by atoms with Gasteiger partial charge in [0.2, 0.25) is 0 Å². The number of hydrogen-bond donors (Lipinski definition) is 1. The maximum atomic E-state index is 13.6. The van der Waals surface area contributed by atoms with Gasteiger partial charge in [0.25, 0.3) is 5.91 Å². The van der Waals surface area contributed by atoms with Gasteiger partial charge < -0.3 is 10.1 Å². The van der Waals surface area contributed by atoms with Crippen molar-refractivity contribution < 1.29 is 13.9 Å². The number of thiazole rings is 1. The summed E-state index contributed by atoms with van der Waals surface area (Å²) in [5.74, 6) is 1.14. The van der Waals surface area contributed by atoms with Crippen LogP contribution in [0.4, 0.5) is 10.1 Å². The summed E-state index contributed by atoms with van der Waals surface area (Å²) in [5.41, 5.74) is 3.94. The number of para-hydroxylation sites is 1. The van der Waals surface area contributed by atoms with Crippen LogP contribution in [0.1, 0.15) is 35.2 Å². The van der Waals surface area contributed by atoms with E-state index in [0.29, 0.717) is 36.7 Å². The van der Waals surface area contributed by atoms with E-state index >= 15 is 0 Å². The van der Waals surface area contributed by atoms with E-state index in [1.54, 1.807) is 0 Å². The molecule has 2 bridgehead atoms. The Labute approximate surface area is 237 Å². The van der Waals surface area contributed by atoms with Crippen molar-refractivity contribution in [3.05, 3.63) is 71.9 Å². The van der Waals surface area contributed by atoms with Crippen LogP contribution in [0.25, 0.3) is 20.9 Å². The molecule has 0 radical (unpaired) electrons. The zero-order valence-corrected chi connectivity index (χ0v) is 23.1. The summed E-state index contributed by atoms with van der Waals surface area (Å²) in [6.45, 7) is 5.20. The number of hydrogen-bond acceptors (Lipinski definition) is 7. The Morgan fingerprint density at radius 2 is 1.93 bits per heavy atom. The number of amides is 1. The molecule has 1 N–H and O–H groups in total. The minimum absolute atomic E-state index is 0.186. The average Bonchev–Trinajstić information content (AvgIpc) is 3.59. The summed E-state index contributed by atoms with van der Waals surface area (Å²) in [5, 5.41) is 3.88. The fourth-order valence-electron chi connectivity index (χ4n) is 6.16. The molecule has 7 nitrogen and oxygen atoms in total. The molecular formula is C31H32FN5O2S. The highest BCUT2D eigenvalue weighted by Crippen LogP contribution is 2.35. The number of halogens is 1. The van der Waals surface area contributed by atoms with Crippen LogP contribution in [0.3, 0.4) is 0 Å². The molecule has 6 heterocycles. The summed E-state index contributed by atoms with van der Waals surface area (Å²) in [6.07, 6.45) is 4.26. The molecule has 1 unspecified atom stereocenters. The first-order valence-corrected chi connectivity index (χ1v) is 14.9. The van der Waals surface area contributed by atoms with Gasteiger partial charge in [-0.3, -0.25) is 14.6 Å². The van der Waals surface area contributed by atoms with Crippen LogP contribution in [0.2, 0.25) is 0 Å². The molecule has 4 aliphatic heterocycles. The Morgan fingerprint density at radius 1 is 1.05 bits per heavy atom. The second-order valence-corrected chi connectivity index (χ2v) is 12.1. The van der Waals surface area contributed by atoms with Gasteiger partial charge in [-0.25, -0.2) is 14.4 Å². The topological polar surface area (TPSA) is 70.6 Å². The standard InChI is InChI=1S/C31H32FN5O2S/c32-23-10-13-37(18-23)17-20-14-27-31(33-16-20)40-30(35-27)25-6-1-2-7-26(25)34-29(38)22-4-3-5-24(15-22)39-28-19-36-11-8-21(28)9-12-36/h1-7,14-16,21,23,28H,8-13,17-19H2,(H,34,38)/t23-,28?/m1/s1. The van der Waals surface area contributed by atoms with E-state index in [-0.39, 0.29) is 12.0 Å². The van der Waals surface area contributed by atoms with Gasteiger partial charge in [-0.15, -0.1) is 0 Å². The number of nitrogens with zero attached hydrogens (tertiary/aromatic N) is 4. The van der Waals surface area contributed by atoms with Crippen LogP contribution < -0.4 is 10.1 Å². The summed E-state index contributed by atoms with van der Waals surface area (Å²) in [6, 6.07) is 17.2. The van der Waals surface area contributed by atoms with Gasteiger partial charge in [0.1, 0.15) is 33.4 Å². The number of carbonyl (C=O) groups is 1. The maximum absolute atomic E-state index is 13.6. The monoisotopic (exact) mass is 557 g/mol. The molecule has 4 fully saturated rings. The number of aromatic nitrogens is 2. The Hall–Kier alpha value is -3.40. The van der Waals surface area contributed by atoms with E-state index in [9.17, 15) is 9.18 Å². The molecule has 4 aromatic rings. The molecule has 2 aromatic carbocycles. The van der Waals surface area contributed by atoms with E-state index < -0.39 is 6.17 Å². The number of pyridine rings is 1. The van der Waals surface area contributed by atoms with E-state index in [1.165, 1.54) is 24.2 Å². The van der Waals surface area contributed by atoms with Crippen LogP contribution in [-0.2, 0) is 6.54 Å². The maximum Gasteiger partial charge on any atom is 0.255 e. The molecule has 9 heteroatoms. The first-order chi connectivity index (χ1) is 19.6. The Bertz CT molecular complexity index is 1540. The third-order valence-electron chi connectivity index (χ3n) is 8.31. The molecule has 0 saturated carbocycles. The number of fused-ring (bicyclic) bond motifs is 4. The molecule has 1 amide bonds. The van der Waals surface area contributed by atoms with E-state index in [0.717, 1.165) is 58.4 Å². The van der Waals surface area contributed by atoms with Crippen LogP contribution in [-0.4, -0.2) is 70.7 Å². The minimum Gasteiger partial charge on any atom is -0.489 e. The van der Waals surface area contributed by atoms with Crippen LogP contribution >= 0.6 is 11.3 Å². The van der Waals surface area contributed by atoms with E-state index in [4.69, 9.17) is 9.72 Å². The number of alkyl halides is 1. The summed E-state index contributed by atoms with van der Waals surface area (Å²) >= 11 is 1.50. The Balaban J connectivity index is 1.08. The second kappa shape index (κ2) is 10.9. The average molecular weight is 558 g/mol. The van der Waals surface area contributed by atoms with Crippen molar-refractivity contribution in [2.75, 3.05) is 38.0 Å². The molecule has 2 aromatic heterocycles. The molecule has 0 aliphatic carbocycles. The Morgan fingerprint density at radius 3 is 2.73 bits per heavy atom.